The summed E-state index contributed by atoms with van der Waals surface area (Å²) in [6, 6.07) is 16.2. The highest BCUT2D eigenvalue weighted by atomic mass is 16.5. The van der Waals surface area contributed by atoms with Crippen molar-refractivity contribution in [2.24, 2.45) is 0 Å². The maximum absolute atomic E-state index is 12.8. The molecule has 3 nitrogen and oxygen atoms in total. The number of rotatable bonds is 4. The van der Waals surface area contributed by atoms with Crippen LogP contribution in [0.25, 0.3) is 0 Å². The van der Waals surface area contributed by atoms with Crippen molar-refractivity contribution in [1.29, 1.82) is 0 Å². The van der Waals surface area contributed by atoms with Crippen LogP contribution < -0.4 is 0 Å². The molecule has 126 valence electrons. The molecule has 0 spiro atoms. The lowest BCUT2D eigenvalue weighted by Crippen LogP contribution is -2.43. The van der Waals surface area contributed by atoms with Crippen molar-refractivity contribution in [2.75, 3.05) is 13.1 Å². The first-order valence-corrected chi connectivity index (χ1v) is 8.65. The van der Waals surface area contributed by atoms with E-state index in [4.69, 9.17) is 4.74 Å². The largest absolute Gasteiger partial charge is 0.372 e. The Bertz CT molecular complexity index is 710. The minimum atomic E-state index is 0.118. The van der Waals surface area contributed by atoms with Crippen molar-refractivity contribution in [3.8, 4) is 0 Å². The van der Waals surface area contributed by atoms with Crippen LogP contribution in [0.1, 0.15) is 39.9 Å². The number of likely N-dealkylation sites (tertiary alicyclic amines) is 1. The van der Waals surface area contributed by atoms with E-state index in [1.165, 1.54) is 11.1 Å². The van der Waals surface area contributed by atoms with Gasteiger partial charge in [-0.25, -0.2) is 0 Å². The summed E-state index contributed by atoms with van der Waals surface area (Å²) >= 11 is 0. The van der Waals surface area contributed by atoms with Crippen molar-refractivity contribution in [3.05, 3.63) is 70.8 Å². The number of benzene rings is 2. The Balaban J connectivity index is 1.60. The zero-order valence-electron chi connectivity index (χ0n) is 14.5. The van der Waals surface area contributed by atoms with Crippen LogP contribution in [0.2, 0.25) is 0 Å². The molecule has 2 aromatic rings. The van der Waals surface area contributed by atoms with Gasteiger partial charge in [0.2, 0.25) is 0 Å². The SMILES string of the molecule is Cc1cccc(COC2CCCN(C(=O)c3ccccc3C)C2)c1. The Kier molecular flexibility index (Phi) is 5.31. The lowest BCUT2D eigenvalue weighted by atomic mass is 10.0. The Morgan fingerprint density at radius 3 is 2.79 bits per heavy atom. The first-order chi connectivity index (χ1) is 11.6. The Hall–Kier alpha value is -2.13. The van der Waals surface area contributed by atoms with E-state index in [1.807, 2.05) is 36.1 Å². The van der Waals surface area contributed by atoms with E-state index in [0.717, 1.165) is 30.5 Å². The van der Waals surface area contributed by atoms with Gasteiger partial charge in [-0.2, -0.15) is 0 Å². The topological polar surface area (TPSA) is 29.5 Å². The summed E-state index contributed by atoms with van der Waals surface area (Å²) in [7, 11) is 0. The summed E-state index contributed by atoms with van der Waals surface area (Å²) < 4.78 is 6.08. The highest BCUT2D eigenvalue weighted by Gasteiger charge is 2.25. The summed E-state index contributed by atoms with van der Waals surface area (Å²) in [5.74, 6) is 0.122. The third-order valence-electron chi connectivity index (χ3n) is 4.61. The van der Waals surface area contributed by atoms with Gasteiger partial charge in [0.15, 0.2) is 0 Å². The van der Waals surface area contributed by atoms with Gasteiger partial charge in [0.05, 0.1) is 12.7 Å². The quantitative estimate of drug-likeness (QED) is 0.847. The van der Waals surface area contributed by atoms with Crippen LogP contribution in [-0.2, 0) is 11.3 Å². The Morgan fingerprint density at radius 2 is 2.00 bits per heavy atom. The minimum absolute atomic E-state index is 0.118. The molecule has 3 rings (SSSR count). The van der Waals surface area contributed by atoms with E-state index in [1.54, 1.807) is 0 Å². The molecule has 0 aliphatic carbocycles. The molecule has 0 aromatic heterocycles. The van der Waals surface area contributed by atoms with E-state index < -0.39 is 0 Å². The molecule has 1 heterocycles. The summed E-state index contributed by atoms with van der Waals surface area (Å²) in [5, 5.41) is 0. The predicted molar refractivity (Wildman–Crippen MR) is 96.1 cm³/mol. The second kappa shape index (κ2) is 7.63. The molecule has 0 bridgehead atoms. The average molecular weight is 323 g/mol. The predicted octanol–water partition coefficient (Wildman–Crippen LogP) is 4.12. The molecule has 1 unspecified atom stereocenters. The summed E-state index contributed by atoms with van der Waals surface area (Å²) in [6.07, 6.45) is 2.13. The molecular weight excluding hydrogens is 298 g/mol. The number of ether oxygens (including phenoxy) is 1. The fourth-order valence-corrected chi connectivity index (χ4v) is 3.26. The van der Waals surface area contributed by atoms with Crippen molar-refractivity contribution < 1.29 is 9.53 Å². The number of carbonyl (C=O) groups excluding carboxylic acids is 1. The van der Waals surface area contributed by atoms with Gasteiger partial charge in [0.25, 0.3) is 5.91 Å². The third kappa shape index (κ3) is 4.04. The van der Waals surface area contributed by atoms with Crippen LogP contribution in [0.4, 0.5) is 0 Å². The van der Waals surface area contributed by atoms with E-state index >= 15 is 0 Å². The molecule has 0 saturated carbocycles. The van der Waals surface area contributed by atoms with E-state index in [0.29, 0.717) is 13.2 Å². The molecule has 1 fully saturated rings. The van der Waals surface area contributed by atoms with Crippen LogP contribution >= 0.6 is 0 Å². The monoisotopic (exact) mass is 323 g/mol. The number of nitrogens with zero attached hydrogens (tertiary/aromatic N) is 1. The van der Waals surface area contributed by atoms with Crippen LogP contribution in [0, 0.1) is 13.8 Å². The summed E-state index contributed by atoms with van der Waals surface area (Å²) in [5.41, 5.74) is 4.27. The first kappa shape index (κ1) is 16.7. The van der Waals surface area contributed by atoms with Gasteiger partial charge in [-0.3, -0.25) is 4.79 Å². The number of piperidine rings is 1. The molecule has 1 amide bonds. The van der Waals surface area contributed by atoms with Crippen LogP contribution in [0.3, 0.4) is 0 Å². The molecule has 0 radical (unpaired) electrons. The Labute approximate surface area is 144 Å². The van der Waals surface area contributed by atoms with Crippen LogP contribution in [0.5, 0.6) is 0 Å². The molecule has 1 aliphatic heterocycles. The second-order valence-electron chi connectivity index (χ2n) is 6.63. The third-order valence-corrected chi connectivity index (χ3v) is 4.61. The number of hydrogen-bond donors (Lipinski definition) is 0. The van der Waals surface area contributed by atoms with E-state index in [9.17, 15) is 4.79 Å². The van der Waals surface area contributed by atoms with Crippen molar-refractivity contribution >= 4 is 5.91 Å². The van der Waals surface area contributed by atoms with Crippen molar-refractivity contribution in [3.63, 3.8) is 0 Å². The van der Waals surface area contributed by atoms with E-state index in [2.05, 4.69) is 31.2 Å². The van der Waals surface area contributed by atoms with Gasteiger partial charge in [0.1, 0.15) is 0 Å². The lowest BCUT2D eigenvalue weighted by Gasteiger charge is -2.33. The maximum atomic E-state index is 12.8. The van der Waals surface area contributed by atoms with Crippen molar-refractivity contribution in [1.82, 2.24) is 4.90 Å². The lowest BCUT2D eigenvalue weighted by molar-refractivity contribution is -0.00676. The molecule has 0 N–H and O–H groups in total. The van der Waals surface area contributed by atoms with Crippen LogP contribution in [-0.4, -0.2) is 30.0 Å². The molecule has 1 atom stereocenters. The summed E-state index contributed by atoms with van der Waals surface area (Å²) in [4.78, 5) is 14.7. The van der Waals surface area contributed by atoms with Gasteiger partial charge in [-0.15, -0.1) is 0 Å². The summed E-state index contributed by atoms with van der Waals surface area (Å²) in [6.45, 7) is 6.19. The normalized spacial score (nSPS) is 17.8. The fraction of sp³-hybridized carbons (Fsp3) is 0.381. The molecule has 1 saturated heterocycles. The fourth-order valence-electron chi connectivity index (χ4n) is 3.26. The van der Waals surface area contributed by atoms with Gasteiger partial charge in [-0.05, 0) is 43.9 Å². The number of hydrogen-bond acceptors (Lipinski definition) is 2. The second-order valence-corrected chi connectivity index (χ2v) is 6.63. The highest BCUT2D eigenvalue weighted by molar-refractivity contribution is 5.95. The highest BCUT2D eigenvalue weighted by Crippen LogP contribution is 2.19. The molecule has 24 heavy (non-hydrogen) atoms. The van der Waals surface area contributed by atoms with Crippen molar-refractivity contribution in [2.45, 2.75) is 39.4 Å². The number of aryl methyl sites for hydroxylation is 2. The smallest absolute Gasteiger partial charge is 0.254 e. The molecule has 1 aliphatic rings. The molecule has 3 heteroatoms. The minimum Gasteiger partial charge on any atom is -0.372 e. The average Bonchev–Trinajstić information content (AvgIpc) is 2.60. The standard InChI is InChI=1S/C21H25NO2/c1-16-7-5-9-18(13-16)15-24-19-10-6-12-22(14-19)21(23)20-11-4-3-8-17(20)2/h3-5,7-9,11,13,19H,6,10,12,14-15H2,1-2H3. The van der Waals surface area contributed by atoms with Gasteiger partial charge in [-0.1, -0.05) is 48.0 Å². The molecule has 2 aromatic carbocycles. The van der Waals surface area contributed by atoms with Gasteiger partial charge >= 0.3 is 0 Å². The zero-order valence-corrected chi connectivity index (χ0v) is 14.5. The van der Waals surface area contributed by atoms with Gasteiger partial charge in [0, 0.05) is 18.7 Å². The van der Waals surface area contributed by atoms with Crippen LogP contribution in [0.15, 0.2) is 48.5 Å². The molecular formula is C21H25NO2. The maximum Gasteiger partial charge on any atom is 0.254 e. The van der Waals surface area contributed by atoms with Gasteiger partial charge < -0.3 is 9.64 Å². The van der Waals surface area contributed by atoms with E-state index in [-0.39, 0.29) is 12.0 Å². The Morgan fingerprint density at radius 1 is 1.17 bits per heavy atom. The zero-order chi connectivity index (χ0) is 16.9. The number of amides is 1. The first-order valence-electron chi connectivity index (χ1n) is 8.65. The number of carbonyl (C=O) groups is 1.